The zero-order chi connectivity index (χ0) is 17.8. The maximum atomic E-state index is 4.45. The van der Waals surface area contributed by atoms with Crippen LogP contribution in [0.25, 0.3) is 16.7 Å². The highest BCUT2D eigenvalue weighted by Gasteiger charge is 2.08. The Balaban J connectivity index is 1.94. The third kappa shape index (κ3) is 3.95. The van der Waals surface area contributed by atoms with Crippen LogP contribution in [0.5, 0.6) is 0 Å². The molecule has 0 fully saturated rings. The van der Waals surface area contributed by atoms with Crippen molar-refractivity contribution in [1.82, 2.24) is 4.98 Å². The number of hydrogen-bond donors (Lipinski definition) is 0. The Morgan fingerprint density at radius 1 is 0.880 bits per heavy atom. The molecule has 0 amide bonds. The summed E-state index contributed by atoms with van der Waals surface area (Å²) >= 11 is 0. The van der Waals surface area contributed by atoms with Gasteiger partial charge in [-0.2, -0.15) is 0 Å². The highest BCUT2D eigenvalue weighted by Crippen LogP contribution is 2.29. The lowest BCUT2D eigenvalue weighted by atomic mass is 9.93. The summed E-state index contributed by atoms with van der Waals surface area (Å²) in [7, 11) is 0. The number of rotatable bonds is 5. The van der Waals surface area contributed by atoms with Crippen LogP contribution in [0.15, 0.2) is 85.7 Å². The van der Waals surface area contributed by atoms with Crippen LogP contribution in [-0.2, 0) is 6.42 Å². The molecule has 0 atom stereocenters. The highest BCUT2D eigenvalue weighted by atomic mass is 14.6. The van der Waals surface area contributed by atoms with Crippen LogP contribution in [-0.4, -0.2) is 4.98 Å². The fourth-order valence-corrected chi connectivity index (χ4v) is 2.93. The summed E-state index contributed by atoms with van der Waals surface area (Å²) in [5, 5.41) is 0. The number of nitrogens with zero attached hydrogens (tertiary/aromatic N) is 1. The molecule has 2 aromatic carbocycles. The number of hydrogen-bond acceptors (Lipinski definition) is 1. The fourth-order valence-electron chi connectivity index (χ4n) is 2.93. The van der Waals surface area contributed by atoms with E-state index in [9.17, 15) is 0 Å². The lowest BCUT2D eigenvalue weighted by molar-refractivity contribution is 1.15. The first-order valence-electron chi connectivity index (χ1n) is 8.48. The standard InChI is InChI=1S/C24H23N/c1-17(2)19(4)24-14-22(11-10-18(24)3)23-13-21(15-25-16-23)12-20-8-6-5-7-9-20/h5-11,13-16H,1,4,12H2,2-3H3. The quantitative estimate of drug-likeness (QED) is 0.506. The van der Waals surface area contributed by atoms with Crippen molar-refractivity contribution in [2.75, 3.05) is 0 Å². The van der Waals surface area contributed by atoms with Crippen molar-refractivity contribution in [2.24, 2.45) is 0 Å². The van der Waals surface area contributed by atoms with Crippen LogP contribution < -0.4 is 0 Å². The smallest absolute Gasteiger partial charge is 0.0346 e. The second-order valence-corrected chi connectivity index (χ2v) is 6.53. The Kier molecular flexibility index (Phi) is 4.95. The number of aryl methyl sites for hydroxylation is 1. The molecule has 0 unspecified atom stereocenters. The zero-order valence-electron chi connectivity index (χ0n) is 14.9. The van der Waals surface area contributed by atoms with Crippen molar-refractivity contribution < 1.29 is 0 Å². The molecule has 0 spiro atoms. The van der Waals surface area contributed by atoms with Crippen LogP contribution in [0, 0.1) is 6.92 Å². The van der Waals surface area contributed by atoms with Crippen LogP contribution in [0.4, 0.5) is 0 Å². The number of pyridine rings is 1. The predicted molar refractivity (Wildman–Crippen MR) is 108 cm³/mol. The molecular formula is C24H23N. The number of benzene rings is 2. The van der Waals surface area contributed by atoms with E-state index in [1.54, 1.807) is 0 Å². The first-order chi connectivity index (χ1) is 12.0. The molecule has 25 heavy (non-hydrogen) atoms. The van der Waals surface area contributed by atoms with E-state index in [-0.39, 0.29) is 0 Å². The van der Waals surface area contributed by atoms with Crippen molar-refractivity contribution in [3.63, 3.8) is 0 Å². The fraction of sp³-hybridized carbons (Fsp3) is 0.125. The average Bonchev–Trinajstić information content (AvgIpc) is 2.62. The number of aromatic nitrogens is 1. The maximum absolute atomic E-state index is 4.45. The van der Waals surface area contributed by atoms with Crippen LogP contribution in [0.1, 0.15) is 29.2 Å². The third-order valence-electron chi connectivity index (χ3n) is 4.46. The summed E-state index contributed by atoms with van der Waals surface area (Å²) in [5.41, 5.74) is 9.15. The second-order valence-electron chi connectivity index (χ2n) is 6.53. The summed E-state index contributed by atoms with van der Waals surface area (Å²) in [6, 6.07) is 19.2. The summed E-state index contributed by atoms with van der Waals surface area (Å²) in [6.07, 6.45) is 4.75. The van der Waals surface area contributed by atoms with Gasteiger partial charge in [0, 0.05) is 18.0 Å². The average molecular weight is 325 g/mol. The van der Waals surface area contributed by atoms with Crippen molar-refractivity contribution in [2.45, 2.75) is 20.3 Å². The molecule has 124 valence electrons. The van der Waals surface area contributed by atoms with Crippen molar-refractivity contribution in [3.05, 3.63) is 108 Å². The van der Waals surface area contributed by atoms with E-state index in [1.807, 2.05) is 25.4 Å². The molecule has 3 rings (SSSR count). The Labute approximate surface area is 150 Å². The largest absolute Gasteiger partial charge is 0.264 e. The maximum Gasteiger partial charge on any atom is 0.0346 e. The molecule has 0 saturated heterocycles. The topological polar surface area (TPSA) is 12.9 Å². The van der Waals surface area contributed by atoms with E-state index in [1.165, 1.54) is 16.7 Å². The first-order valence-corrected chi connectivity index (χ1v) is 8.48. The van der Waals surface area contributed by atoms with Gasteiger partial charge >= 0.3 is 0 Å². The minimum absolute atomic E-state index is 0.888. The van der Waals surface area contributed by atoms with Gasteiger partial charge in [0.15, 0.2) is 0 Å². The molecule has 0 radical (unpaired) electrons. The van der Waals surface area contributed by atoms with Gasteiger partial charge in [-0.3, -0.25) is 4.98 Å². The van der Waals surface area contributed by atoms with Crippen LogP contribution in [0.3, 0.4) is 0 Å². The van der Waals surface area contributed by atoms with Crippen molar-refractivity contribution in [3.8, 4) is 11.1 Å². The molecule has 1 heteroatoms. The zero-order valence-corrected chi connectivity index (χ0v) is 14.9. The van der Waals surface area contributed by atoms with Crippen LogP contribution >= 0.6 is 0 Å². The molecule has 3 aromatic rings. The monoisotopic (exact) mass is 325 g/mol. The SMILES string of the molecule is C=C(C)C(=C)c1cc(-c2cncc(Cc3ccccc3)c2)ccc1C. The lowest BCUT2D eigenvalue weighted by Gasteiger charge is -2.12. The molecular weight excluding hydrogens is 302 g/mol. The Morgan fingerprint density at radius 2 is 1.64 bits per heavy atom. The molecule has 0 saturated carbocycles. The molecule has 1 heterocycles. The third-order valence-corrected chi connectivity index (χ3v) is 4.46. The van der Waals surface area contributed by atoms with Gasteiger partial charge in [-0.05, 0) is 65.8 Å². The van der Waals surface area contributed by atoms with Gasteiger partial charge in [0.25, 0.3) is 0 Å². The van der Waals surface area contributed by atoms with Gasteiger partial charge in [-0.25, -0.2) is 0 Å². The molecule has 0 aliphatic rings. The highest BCUT2D eigenvalue weighted by molar-refractivity contribution is 5.81. The first kappa shape index (κ1) is 16.9. The van der Waals surface area contributed by atoms with E-state index in [4.69, 9.17) is 0 Å². The molecule has 0 aliphatic carbocycles. The number of allylic oxidation sites excluding steroid dienone is 2. The molecule has 0 aliphatic heterocycles. The van der Waals surface area contributed by atoms with E-state index in [0.717, 1.165) is 34.3 Å². The van der Waals surface area contributed by atoms with E-state index >= 15 is 0 Å². The summed E-state index contributed by atoms with van der Waals surface area (Å²) in [6.45, 7) is 12.3. The summed E-state index contributed by atoms with van der Waals surface area (Å²) in [5.74, 6) is 0. The van der Waals surface area contributed by atoms with Gasteiger partial charge in [0.05, 0.1) is 0 Å². The lowest BCUT2D eigenvalue weighted by Crippen LogP contribution is -1.93. The Bertz CT molecular complexity index is 920. The molecule has 1 nitrogen and oxygen atoms in total. The second kappa shape index (κ2) is 7.31. The minimum Gasteiger partial charge on any atom is -0.264 e. The van der Waals surface area contributed by atoms with Gasteiger partial charge in [-0.1, -0.05) is 61.2 Å². The Hall–Kier alpha value is -2.93. The minimum atomic E-state index is 0.888. The Morgan fingerprint density at radius 3 is 2.36 bits per heavy atom. The van der Waals surface area contributed by atoms with Gasteiger partial charge in [0.2, 0.25) is 0 Å². The van der Waals surface area contributed by atoms with E-state index in [0.29, 0.717) is 0 Å². The van der Waals surface area contributed by atoms with Crippen LogP contribution in [0.2, 0.25) is 0 Å². The van der Waals surface area contributed by atoms with E-state index < -0.39 is 0 Å². The summed E-state index contributed by atoms with van der Waals surface area (Å²) < 4.78 is 0. The van der Waals surface area contributed by atoms with Crippen molar-refractivity contribution in [1.29, 1.82) is 0 Å². The normalized spacial score (nSPS) is 10.5. The van der Waals surface area contributed by atoms with Gasteiger partial charge in [-0.15, -0.1) is 0 Å². The van der Waals surface area contributed by atoms with E-state index in [2.05, 4.69) is 73.6 Å². The molecule has 0 N–H and O–H groups in total. The van der Waals surface area contributed by atoms with Gasteiger partial charge < -0.3 is 0 Å². The molecule has 0 bridgehead atoms. The predicted octanol–water partition coefficient (Wildman–Crippen LogP) is 6.24. The van der Waals surface area contributed by atoms with Gasteiger partial charge in [0.1, 0.15) is 0 Å². The molecule has 1 aromatic heterocycles. The van der Waals surface area contributed by atoms with Crippen molar-refractivity contribution >= 4 is 5.57 Å². The summed E-state index contributed by atoms with van der Waals surface area (Å²) in [4.78, 5) is 4.45.